The molecule has 1 heteroatoms. The molecule has 0 radical (unpaired) electrons. The van der Waals surface area contributed by atoms with Crippen LogP contribution in [-0.2, 0) is 0 Å². The Balaban J connectivity index is 2.28. The highest BCUT2D eigenvalue weighted by Crippen LogP contribution is 2.39. The van der Waals surface area contributed by atoms with Gasteiger partial charge in [0, 0.05) is 5.69 Å². The Kier molecular flexibility index (Phi) is 2.56. The van der Waals surface area contributed by atoms with Crippen LogP contribution in [0.25, 0.3) is 5.57 Å². The van der Waals surface area contributed by atoms with Crippen LogP contribution in [0.1, 0.15) is 38.7 Å². The van der Waals surface area contributed by atoms with Gasteiger partial charge >= 0.3 is 0 Å². The average molecular weight is 201 g/mol. The van der Waals surface area contributed by atoms with Crippen LogP contribution >= 0.6 is 0 Å². The molecule has 0 saturated carbocycles. The van der Waals surface area contributed by atoms with E-state index >= 15 is 0 Å². The predicted molar refractivity (Wildman–Crippen MR) is 66.5 cm³/mol. The Bertz CT molecular complexity index is 388. The van der Waals surface area contributed by atoms with E-state index < -0.39 is 0 Å². The van der Waals surface area contributed by atoms with E-state index in [1.54, 1.807) is 0 Å². The van der Waals surface area contributed by atoms with Gasteiger partial charge in [0.25, 0.3) is 0 Å². The second-order valence-corrected chi connectivity index (χ2v) is 5.23. The topological polar surface area (TPSA) is 26.0 Å². The first-order valence-corrected chi connectivity index (χ1v) is 5.62. The van der Waals surface area contributed by atoms with Crippen molar-refractivity contribution in [2.24, 2.45) is 5.41 Å². The fourth-order valence-electron chi connectivity index (χ4n) is 2.27. The molecule has 1 aromatic carbocycles. The summed E-state index contributed by atoms with van der Waals surface area (Å²) in [5.74, 6) is 0. The largest absolute Gasteiger partial charge is 0.399 e. The molecule has 1 nitrogen and oxygen atoms in total. The number of hydrogen-bond donors (Lipinski definition) is 1. The zero-order valence-corrected chi connectivity index (χ0v) is 9.59. The lowest BCUT2D eigenvalue weighted by Gasteiger charge is -2.30. The molecule has 1 aromatic rings. The fourth-order valence-corrected chi connectivity index (χ4v) is 2.27. The van der Waals surface area contributed by atoms with Gasteiger partial charge in [-0.2, -0.15) is 0 Å². The third kappa shape index (κ3) is 2.41. The minimum absolute atomic E-state index is 0.439. The van der Waals surface area contributed by atoms with E-state index in [1.807, 2.05) is 12.1 Å². The summed E-state index contributed by atoms with van der Waals surface area (Å²) in [5, 5.41) is 0. The smallest absolute Gasteiger partial charge is 0.0320 e. The SMILES string of the molecule is CC1(C)CCC=C(c2cccc(N)c2)C1. The third-order valence-corrected chi connectivity index (χ3v) is 3.14. The molecule has 0 aliphatic heterocycles. The molecule has 0 aromatic heterocycles. The van der Waals surface area contributed by atoms with Crippen molar-refractivity contribution in [3.63, 3.8) is 0 Å². The van der Waals surface area contributed by atoms with Crippen LogP contribution in [0.2, 0.25) is 0 Å². The first kappa shape index (κ1) is 10.3. The Morgan fingerprint density at radius 3 is 2.73 bits per heavy atom. The molecule has 0 unspecified atom stereocenters. The number of benzene rings is 1. The van der Waals surface area contributed by atoms with E-state index in [2.05, 4.69) is 32.1 Å². The monoisotopic (exact) mass is 201 g/mol. The van der Waals surface area contributed by atoms with E-state index in [0.717, 1.165) is 12.1 Å². The fraction of sp³-hybridized carbons (Fsp3) is 0.429. The summed E-state index contributed by atoms with van der Waals surface area (Å²) < 4.78 is 0. The van der Waals surface area contributed by atoms with Crippen molar-refractivity contribution < 1.29 is 0 Å². The van der Waals surface area contributed by atoms with Crippen molar-refractivity contribution in [1.82, 2.24) is 0 Å². The average Bonchev–Trinajstić information content (AvgIpc) is 2.16. The van der Waals surface area contributed by atoms with Crippen molar-refractivity contribution >= 4 is 11.3 Å². The number of nitrogen functional groups attached to an aromatic ring is 1. The van der Waals surface area contributed by atoms with E-state index in [9.17, 15) is 0 Å². The Morgan fingerprint density at radius 2 is 2.07 bits per heavy atom. The highest BCUT2D eigenvalue weighted by atomic mass is 14.5. The summed E-state index contributed by atoms with van der Waals surface area (Å²) in [4.78, 5) is 0. The zero-order valence-electron chi connectivity index (χ0n) is 9.59. The molecule has 0 amide bonds. The molecule has 0 bridgehead atoms. The summed E-state index contributed by atoms with van der Waals surface area (Å²) in [7, 11) is 0. The first-order chi connectivity index (χ1) is 7.07. The van der Waals surface area contributed by atoms with Crippen molar-refractivity contribution in [2.45, 2.75) is 33.1 Å². The van der Waals surface area contributed by atoms with Crippen molar-refractivity contribution in [2.75, 3.05) is 5.73 Å². The van der Waals surface area contributed by atoms with Gasteiger partial charge in [-0.25, -0.2) is 0 Å². The lowest BCUT2D eigenvalue weighted by molar-refractivity contribution is 0.338. The summed E-state index contributed by atoms with van der Waals surface area (Å²) in [6.07, 6.45) is 6.01. The van der Waals surface area contributed by atoms with Crippen LogP contribution in [0.15, 0.2) is 30.3 Å². The number of allylic oxidation sites excluding steroid dienone is 2. The van der Waals surface area contributed by atoms with Crippen molar-refractivity contribution in [3.8, 4) is 0 Å². The zero-order chi connectivity index (χ0) is 10.9. The molecule has 0 spiro atoms. The van der Waals surface area contributed by atoms with Gasteiger partial charge in [-0.3, -0.25) is 0 Å². The lowest BCUT2D eigenvalue weighted by atomic mass is 9.76. The standard InChI is InChI=1S/C14H19N/c1-14(2)8-4-6-12(10-14)11-5-3-7-13(15)9-11/h3,5-7,9H,4,8,10,15H2,1-2H3. The van der Waals surface area contributed by atoms with E-state index in [-0.39, 0.29) is 0 Å². The Morgan fingerprint density at radius 1 is 1.27 bits per heavy atom. The maximum atomic E-state index is 5.81. The van der Waals surface area contributed by atoms with Gasteiger partial charge < -0.3 is 5.73 Å². The van der Waals surface area contributed by atoms with Crippen LogP contribution < -0.4 is 5.73 Å². The molecule has 0 heterocycles. The van der Waals surface area contributed by atoms with E-state index in [4.69, 9.17) is 5.73 Å². The van der Waals surface area contributed by atoms with Crippen LogP contribution in [0.3, 0.4) is 0 Å². The second-order valence-electron chi connectivity index (χ2n) is 5.23. The quantitative estimate of drug-likeness (QED) is 0.686. The molecule has 0 atom stereocenters. The third-order valence-electron chi connectivity index (χ3n) is 3.14. The van der Waals surface area contributed by atoms with Gasteiger partial charge in [0.15, 0.2) is 0 Å². The molecule has 0 fully saturated rings. The maximum absolute atomic E-state index is 5.81. The summed E-state index contributed by atoms with van der Waals surface area (Å²) in [6.45, 7) is 4.68. The Hall–Kier alpha value is -1.24. The predicted octanol–water partition coefficient (Wildman–Crippen LogP) is 3.86. The molecule has 15 heavy (non-hydrogen) atoms. The van der Waals surface area contributed by atoms with Crippen LogP contribution in [0.5, 0.6) is 0 Å². The maximum Gasteiger partial charge on any atom is 0.0320 e. The molecule has 1 aliphatic carbocycles. The minimum atomic E-state index is 0.439. The van der Waals surface area contributed by atoms with E-state index in [1.165, 1.54) is 24.0 Å². The number of hydrogen-bond acceptors (Lipinski definition) is 1. The molecular weight excluding hydrogens is 182 g/mol. The highest BCUT2D eigenvalue weighted by molar-refractivity contribution is 5.69. The molecule has 2 rings (SSSR count). The Labute approximate surface area is 92.0 Å². The van der Waals surface area contributed by atoms with Crippen LogP contribution in [0.4, 0.5) is 5.69 Å². The summed E-state index contributed by atoms with van der Waals surface area (Å²) in [5.41, 5.74) is 9.85. The minimum Gasteiger partial charge on any atom is -0.399 e. The van der Waals surface area contributed by atoms with Crippen molar-refractivity contribution in [3.05, 3.63) is 35.9 Å². The van der Waals surface area contributed by atoms with Crippen LogP contribution in [-0.4, -0.2) is 0 Å². The lowest BCUT2D eigenvalue weighted by Crippen LogP contribution is -2.15. The molecule has 0 saturated heterocycles. The second kappa shape index (κ2) is 3.73. The summed E-state index contributed by atoms with van der Waals surface area (Å²) in [6, 6.07) is 8.21. The van der Waals surface area contributed by atoms with Gasteiger partial charge in [0.1, 0.15) is 0 Å². The normalized spacial score (nSPS) is 19.7. The van der Waals surface area contributed by atoms with Gasteiger partial charge in [-0.15, -0.1) is 0 Å². The van der Waals surface area contributed by atoms with Gasteiger partial charge in [-0.05, 0) is 47.9 Å². The van der Waals surface area contributed by atoms with Crippen molar-refractivity contribution in [1.29, 1.82) is 0 Å². The highest BCUT2D eigenvalue weighted by Gasteiger charge is 2.23. The van der Waals surface area contributed by atoms with Crippen LogP contribution in [0, 0.1) is 5.41 Å². The number of nitrogens with two attached hydrogens (primary N) is 1. The number of anilines is 1. The molecule has 2 N–H and O–H groups in total. The van der Waals surface area contributed by atoms with Gasteiger partial charge in [0.2, 0.25) is 0 Å². The van der Waals surface area contributed by atoms with Gasteiger partial charge in [0.05, 0.1) is 0 Å². The number of rotatable bonds is 1. The van der Waals surface area contributed by atoms with E-state index in [0.29, 0.717) is 5.41 Å². The van der Waals surface area contributed by atoms with Gasteiger partial charge in [-0.1, -0.05) is 32.1 Å². The molecule has 80 valence electrons. The molecular formula is C14H19N. The summed E-state index contributed by atoms with van der Waals surface area (Å²) >= 11 is 0. The first-order valence-electron chi connectivity index (χ1n) is 5.62. The molecule has 1 aliphatic rings.